The normalized spacial score (nSPS) is 19.4. The molecule has 44 heavy (non-hydrogen) atoms. The smallest absolute Gasteiger partial charge is 0.490 e. The minimum atomic E-state index is -4.84. The lowest BCUT2D eigenvalue weighted by Crippen LogP contribution is -2.46. The number of nitrogens with zero attached hydrogens (tertiary/aromatic N) is 4. The largest absolute Gasteiger partial charge is 0.573 e. The monoisotopic (exact) mass is 625 g/mol. The first-order valence-corrected chi connectivity index (χ1v) is 13.9. The summed E-state index contributed by atoms with van der Waals surface area (Å²) in [5, 5.41) is 14.1. The number of nitro groups is 1. The van der Waals surface area contributed by atoms with Crippen LogP contribution in [-0.2, 0) is 6.18 Å². The molecule has 2 fully saturated rings. The molecule has 0 atom stereocenters. The van der Waals surface area contributed by atoms with Crippen LogP contribution in [0.3, 0.4) is 0 Å². The molecular formula is C29H29F6N5O4. The van der Waals surface area contributed by atoms with E-state index in [1.54, 1.807) is 24.4 Å². The number of hydrogen-bond donors (Lipinski definition) is 1. The van der Waals surface area contributed by atoms with Crippen LogP contribution in [0.2, 0.25) is 0 Å². The van der Waals surface area contributed by atoms with Crippen LogP contribution in [0.4, 0.5) is 49.2 Å². The molecular weight excluding hydrogens is 596 g/mol. The molecule has 0 unspecified atom stereocenters. The second-order valence-electron chi connectivity index (χ2n) is 10.6. The number of nitro benzene ring substituents is 1. The molecule has 15 heteroatoms. The molecule has 1 saturated carbocycles. The molecule has 1 N–H and O–H groups in total. The molecule has 1 saturated heterocycles. The minimum Gasteiger partial charge on any atom is -0.490 e. The highest BCUT2D eigenvalue weighted by atomic mass is 19.4. The second-order valence-corrected chi connectivity index (χ2v) is 10.6. The first-order valence-electron chi connectivity index (χ1n) is 13.9. The molecule has 9 nitrogen and oxygen atoms in total. The third-order valence-electron chi connectivity index (χ3n) is 7.60. The van der Waals surface area contributed by atoms with Crippen LogP contribution in [0.1, 0.15) is 31.2 Å². The number of hydrogen-bond acceptors (Lipinski definition) is 8. The molecule has 5 rings (SSSR count). The molecule has 2 aliphatic rings. The summed E-state index contributed by atoms with van der Waals surface area (Å²) in [6.07, 6.45) is -5.38. The zero-order valence-electron chi connectivity index (χ0n) is 23.3. The van der Waals surface area contributed by atoms with Crippen LogP contribution >= 0.6 is 0 Å². The number of nitrogens with one attached hydrogen (secondary N) is 1. The molecule has 2 aromatic carbocycles. The van der Waals surface area contributed by atoms with Crippen molar-refractivity contribution in [3.63, 3.8) is 0 Å². The maximum atomic E-state index is 13.3. The molecule has 0 amide bonds. The number of alkyl halides is 6. The highest BCUT2D eigenvalue weighted by molar-refractivity contribution is 5.56. The van der Waals surface area contributed by atoms with Crippen molar-refractivity contribution >= 4 is 22.9 Å². The Morgan fingerprint density at radius 3 is 2.11 bits per heavy atom. The summed E-state index contributed by atoms with van der Waals surface area (Å²) in [5.41, 5.74) is -1.29. The van der Waals surface area contributed by atoms with Crippen LogP contribution in [0, 0.1) is 10.1 Å². The van der Waals surface area contributed by atoms with Crippen molar-refractivity contribution in [3.05, 3.63) is 76.5 Å². The predicted molar refractivity (Wildman–Crippen MR) is 150 cm³/mol. The third-order valence-corrected chi connectivity index (χ3v) is 7.60. The van der Waals surface area contributed by atoms with Crippen LogP contribution in [-0.4, -0.2) is 54.6 Å². The summed E-state index contributed by atoms with van der Waals surface area (Å²) in [6, 6.07) is 12.2. The number of benzene rings is 2. The van der Waals surface area contributed by atoms with E-state index in [1.807, 2.05) is 6.07 Å². The quantitative estimate of drug-likeness (QED) is 0.162. The first-order chi connectivity index (χ1) is 20.8. The Morgan fingerprint density at radius 1 is 0.841 bits per heavy atom. The van der Waals surface area contributed by atoms with Crippen molar-refractivity contribution in [1.82, 2.24) is 4.98 Å². The fraction of sp³-hybridized carbons (Fsp3) is 0.414. The van der Waals surface area contributed by atoms with Gasteiger partial charge in [0.2, 0.25) is 0 Å². The molecule has 0 radical (unpaired) electrons. The number of pyridine rings is 1. The van der Waals surface area contributed by atoms with Crippen LogP contribution in [0.25, 0.3) is 0 Å². The van der Waals surface area contributed by atoms with Gasteiger partial charge in [-0.15, -0.1) is 13.2 Å². The summed E-state index contributed by atoms with van der Waals surface area (Å²) in [5.74, 6) is 1.12. The minimum absolute atomic E-state index is 0.0907. The van der Waals surface area contributed by atoms with Gasteiger partial charge in [0.25, 0.3) is 5.69 Å². The number of ether oxygens (including phenoxy) is 2. The predicted octanol–water partition coefficient (Wildman–Crippen LogP) is 7.04. The van der Waals surface area contributed by atoms with Crippen molar-refractivity contribution < 1.29 is 40.7 Å². The Kier molecular flexibility index (Phi) is 8.92. The highest BCUT2D eigenvalue weighted by Gasteiger charge is 2.38. The number of halogens is 6. The average molecular weight is 626 g/mol. The molecule has 3 aromatic rings. The van der Waals surface area contributed by atoms with Gasteiger partial charge in [-0.05, 0) is 68.1 Å². The summed E-state index contributed by atoms with van der Waals surface area (Å²) in [7, 11) is 0. The van der Waals surface area contributed by atoms with Gasteiger partial charge < -0.3 is 24.6 Å². The highest BCUT2D eigenvalue weighted by Crippen LogP contribution is 2.38. The van der Waals surface area contributed by atoms with Gasteiger partial charge in [0.15, 0.2) is 0 Å². The summed E-state index contributed by atoms with van der Waals surface area (Å²) in [4.78, 5) is 18.6. The Morgan fingerprint density at radius 2 is 1.50 bits per heavy atom. The van der Waals surface area contributed by atoms with Crippen LogP contribution in [0.5, 0.6) is 11.5 Å². The van der Waals surface area contributed by atoms with Crippen LogP contribution < -0.4 is 24.6 Å². The maximum Gasteiger partial charge on any atom is 0.573 e. The zero-order valence-corrected chi connectivity index (χ0v) is 23.3. The van der Waals surface area contributed by atoms with Gasteiger partial charge in [-0.1, -0.05) is 0 Å². The molecule has 1 aliphatic heterocycles. The van der Waals surface area contributed by atoms with Gasteiger partial charge in [0, 0.05) is 61.9 Å². The van der Waals surface area contributed by atoms with E-state index >= 15 is 0 Å². The molecule has 1 aromatic heterocycles. The lowest BCUT2D eigenvalue weighted by Gasteiger charge is -2.37. The van der Waals surface area contributed by atoms with Crippen molar-refractivity contribution in [3.8, 4) is 11.5 Å². The Bertz CT molecular complexity index is 1440. The molecule has 1 aliphatic carbocycles. The van der Waals surface area contributed by atoms with E-state index in [1.165, 1.54) is 18.2 Å². The van der Waals surface area contributed by atoms with Crippen LogP contribution in [0.15, 0.2) is 60.8 Å². The van der Waals surface area contributed by atoms with Gasteiger partial charge in [-0.2, -0.15) is 13.2 Å². The van der Waals surface area contributed by atoms with Gasteiger partial charge >= 0.3 is 12.5 Å². The van der Waals surface area contributed by atoms with Gasteiger partial charge in [-0.3, -0.25) is 10.1 Å². The van der Waals surface area contributed by atoms with E-state index in [2.05, 4.69) is 24.8 Å². The Hall–Kier alpha value is -4.43. The lowest BCUT2D eigenvalue weighted by molar-refractivity contribution is -0.388. The van der Waals surface area contributed by atoms with E-state index in [-0.39, 0.29) is 23.6 Å². The van der Waals surface area contributed by atoms with Gasteiger partial charge in [0.05, 0.1) is 11.0 Å². The SMILES string of the molecule is O=[N+]([O-])c1ccc(NC2CCC(Oc3ccnc(N4CCN(c5ccc(OC(F)(F)F)cc5)CC4)c3)CC2)cc1C(F)(F)F. The Balaban J connectivity index is 1.11. The topological polar surface area (TPSA) is 93.0 Å². The van der Waals surface area contributed by atoms with Gasteiger partial charge in [0.1, 0.15) is 22.9 Å². The van der Waals surface area contributed by atoms with E-state index in [0.29, 0.717) is 57.6 Å². The number of aromatic nitrogens is 1. The number of piperazine rings is 1. The van der Waals surface area contributed by atoms with E-state index < -0.39 is 28.7 Å². The van der Waals surface area contributed by atoms with Crippen molar-refractivity contribution in [1.29, 1.82) is 0 Å². The number of anilines is 3. The maximum absolute atomic E-state index is 13.3. The molecule has 0 spiro atoms. The fourth-order valence-corrected chi connectivity index (χ4v) is 5.46. The molecule has 2 heterocycles. The molecule has 0 bridgehead atoms. The van der Waals surface area contributed by atoms with Crippen molar-refractivity contribution in [2.24, 2.45) is 0 Å². The van der Waals surface area contributed by atoms with Gasteiger partial charge in [-0.25, -0.2) is 4.98 Å². The van der Waals surface area contributed by atoms with E-state index in [0.717, 1.165) is 23.6 Å². The van der Waals surface area contributed by atoms with E-state index in [4.69, 9.17) is 4.74 Å². The van der Waals surface area contributed by atoms with Crippen molar-refractivity contribution in [2.45, 2.75) is 50.4 Å². The zero-order chi connectivity index (χ0) is 31.5. The Labute approximate surface area is 248 Å². The standard InChI is InChI=1S/C29H29F6N5O4/c30-28(31,32)25-17-20(3-10-26(25)40(41)42)37-19-1-6-22(7-2-19)43-24-11-12-36-27(18-24)39-15-13-38(14-16-39)21-4-8-23(9-5-21)44-29(33,34)35/h3-5,8-12,17-19,22,37H,1-2,6-7,13-16H2. The summed E-state index contributed by atoms with van der Waals surface area (Å²) >= 11 is 0. The lowest BCUT2D eigenvalue weighted by atomic mass is 9.92. The number of rotatable bonds is 8. The third kappa shape index (κ3) is 7.94. The summed E-state index contributed by atoms with van der Waals surface area (Å²) in [6.45, 7) is 2.57. The average Bonchev–Trinajstić information content (AvgIpc) is 2.97. The first kappa shape index (κ1) is 31.0. The van der Waals surface area contributed by atoms with E-state index in [9.17, 15) is 36.5 Å². The van der Waals surface area contributed by atoms with Crippen molar-refractivity contribution in [2.75, 3.05) is 41.3 Å². The fourth-order valence-electron chi connectivity index (χ4n) is 5.46. The molecule has 236 valence electrons. The summed E-state index contributed by atoms with van der Waals surface area (Å²) < 4.78 is 87.4. The second kappa shape index (κ2) is 12.7.